The molecule has 9 heteroatoms. The number of hydrogen-bond acceptors (Lipinski definition) is 7. The highest BCUT2D eigenvalue weighted by molar-refractivity contribution is 7.47. The average Bonchev–Trinajstić information content (AvgIpc) is 3.20. The quantitative estimate of drug-likeness (QED) is 0.0282. The Hall–Kier alpha value is -2.77. The molecule has 0 aromatic rings. The van der Waals surface area contributed by atoms with Crippen molar-refractivity contribution in [2.24, 2.45) is 0 Å². The van der Waals surface area contributed by atoms with Gasteiger partial charge < -0.3 is 14.4 Å². The molecule has 0 aliphatic heterocycles. The third kappa shape index (κ3) is 42.7. The first kappa shape index (κ1) is 54.2. The molecule has 0 bridgehead atoms. The van der Waals surface area contributed by atoms with E-state index in [9.17, 15) is 19.0 Å². The minimum Gasteiger partial charge on any atom is -0.462 e. The van der Waals surface area contributed by atoms with Gasteiger partial charge in [-0.1, -0.05) is 182 Å². The number of unbranched alkanes of at least 4 members (excludes halogenated alkanes) is 16. The first-order valence-electron chi connectivity index (χ1n) is 22.3. The molecule has 2 unspecified atom stereocenters. The van der Waals surface area contributed by atoms with Crippen LogP contribution >= 0.6 is 7.82 Å². The maximum Gasteiger partial charge on any atom is 0.472 e. The van der Waals surface area contributed by atoms with E-state index in [1.54, 1.807) is 6.08 Å². The van der Waals surface area contributed by atoms with Crippen molar-refractivity contribution < 1.29 is 37.6 Å². The summed E-state index contributed by atoms with van der Waals surface area (Å²) in [6.07, 6.45) is 56.7. The lowest BCUT2D eigenvalue weighted by molar-refractivity contribution is -0.160. The Balaban J connectivity index is 4.04. The molecule has 0 saturated carbocycles. The van der Waals surface area contributed by atoms with Gasteiger partial charge in [-0.15, -0.1) is 0 Å². The van der Waals surface area contributed by atoms with E-state index in [0.29, 0.717) is 6.42 Å². The second-order valence-electron chi connectivity index (χ2n) is 14.5. The van der Waals surface area contributed by atoms with E-state index in [0.717, 1.165) is 58.5 Å². The van der Waals surface area contributed by atoms with E-state index >= 15 is 0 Å². The van der Waals surface area contributed by atoms with Crippen molar-refractivity contribution in [3.8, 4) is 0 Å². The van der Waals surface area contributed by atoms with Gasteiger partial charge >= 0.3 is 19.8 Å². The second kappa shape index (κ2) is 42.8. The molecule has 0 aliphatic carbocycles. The van der Waals surface area contributed by atoms with Gasteiger partial charge in [0.1, 0.15) is 6.61 Å². The van der Waals surface area contributed by atoms with Crippen LogP contribution < -0.4 is 0 Å². The topological polar surface area (TPSA) is 108 Å². The molecule has 0 saturated heterocycles. The minimum absolute atomic E-state index is 0.00861. The number of rotatable bonds is 40. The molecule has 0 fully saturated rings. The van der Waals surface area contributed by atoms with E-state index in [2.05, 4.69) is 85.2 Å². The number of carbonyl (C=O) groups is 2. The maximum atomic E-state index is 12.4. The predicted octanol–water partition coefficient (Wildman–Crippen LogP) is 14.3. The normalized spacial score (nSPS) is 14.1. The van der Waals surface area contributed by atoms with Crippen molar-refractivity contribution >= 4 is 19.8 Å². The highest BCUT2D eigenvalue weighted by Gasteiger charge is 2.24. The standard InChI is InChI=1S/C48H81O8P/c1-4-6-8-10-12-14-16-18-20-21-22-23-24-25-26-27-29-30-32-34-36-38-40-42-47(49)54-44-46(45-55-57(51,52)53-3)56-48(50)43-41-39-37-35-33-31-28-19-17-15-13-11-9-7-5-2/h7,9,13,15-16,18-19,21-22,28,33,35,39,41,46H,4-6,8,10-12,14,17,20,23-27,29-32,34,36-38,40,42-45H2,1-3H3,(H,51,52)/b9-7-,15-13-,18-16-,22-21-,28-19-,35-33-,41-39-. The van der Waals surface area contributed by atoms with Gasteiger partial charge in [-0.25, -0.2) is 4.57 Å². The van der Waals surface area contributed by atoms with Crippen molar-refractivity contribution in [2.75, 3.05) is 20.3 Å². The first-order chi connectivity index (χ1) is 27.8. The number of carbonyl (C=O) groups excluding carboxylic acids is 2. The molecule has 326 valence electrons. The molecule has 0 spiro atoms. The number of ether oxygens (including phenoxy) is 2. The monoisotopic (exact) mass is 817 g/mol. The van der Waals surface area contributed by atoms with Gasteiger partial charge in [-0.2, -0.15) is 0 Å². The van der Waals surface area contributed by atoms with Crippen molar-refractivity contribution in [3.05, 3.63) is 85.1 Å². The predicted molar refractivity (Wildman–Crippen MR) is 239 cm³/mol. The number of allylic oxidation sites excluding steroid dienone is 13. The van der Waals surface area contributed by atoms with E-state index < -0.39 is 32.5 Å². The highest BCUT2D eigenvalue weighted by Crippen LogP contribution is 2.42. The fraction of sp³-hybridized carbons (Fsp3) is 0.667. The number of phosphoric acid groups is 1. The van der Waals surface area contributed by atoms with E-state index in [-0.39, 0.29) is 19.4 Å². The molecule has 0 heterocycles. The summed E-state index contributed by atoms with van der Waals surface area (Å²) < 4.78 is 31.9. The minimum atomic E-state index is -4.29. The van der Waals surface area contributed by atoms with Crippen molar-refractivity contribution in [2.45, 2.75) is 187 Å². The van der Waals surface area contributed by atoms with Crippen LogP contribution in [0.25, 0.3) is 0 Å². The molecule has 0 radical (unpaired) electrons. The molecule has 57 heavy (non-hydrogen) atoms. The van der Waals surface area contributed by atoms with Crippen LogP contribution in [-0.4, -0.2) is 43.3 Å². The van der Waals surface area contributed by atoms with Gasteiger partial charge in [-0.3, -0.25) is 18.6 Å². The van der Waals surface area contributed by atoms with Gasteiger partial charge in [-0.05, 0) is 70.6 Å². The summed E-state index contributed by atoms with van der Waals surface area (Å²) in [6.45, 7) is 3.67. The lowest BCUT2D eigenvalue weighted by atomic mass is 10.0. The largest absolute Gasteiger partial charge is 0.472 e. The summed E-state index contributed by atoms with van der Waals surface area (Å²) in [5, 5.41) is 0. The summed E-state index contributed by atoms with van der Waals surface area (Å²) in [5.74, 6) is -0.958. The summed E-state index contributed by atoms with van der Waals surface area (Å²) in [7, 11) is -3.25. The average molecular weight is 817 g/mol. The van der Waals surface area contributed by atoms with Gasteiger partial charge in [0.25, 0.3) is 0 Å². The lowest BCUT2D eigenvalue weighted by Gasteiger charge is -2.19. The van der Waals surface area contributed by atoms with Crippen LogP contribution in [0.5, 0.6) is 0 Å². The Morgan fingerprint density at radius 3 is 1.42 bits per heavy atom. The summed E-state index contributed by atoms with van der Waals surface area (Å²) in [5.41, 5.74) is 0. The van der Waals surface area contributed by atoms with Crippen LogP contribution in [0.4, 0.5) is 0 Å². The number of phosphoric ester groups is 1. The van der Waals surface area contributed by atoms with Gasteiger partial charge in [0.05, 0.1) is 13.0 Å². The second-order valence-corrected chi connectivity index (χ2v) is 16.0. The number of hydrogen-bond donors (Lipinski definition) is 1. The van der Waals surface area contributed by atoms with Crippen LogP contribution in [0.3, 0.4) is 0 Å². The Morgan fingerprint density at radius 2 is 0.947 bits per heavy atom. The fourth-order valence-corrected chi connectivity index (χ4v) is 6.22. The van der Waals surface area contributed by atoms with Crippen LogP contribution in [0.2, 0.25) is 0 Å². The smallest absolute Gasteiger partial charge is 0.462 e. The molecular weight excluding hydrogens is 735 g/mol. The van der Waals surface area contributed by atoms with E-state index in [4.69, 9.17) is 14.0 Å². The molecule has 0 rings (SSSR count). The van der Waals surface area contributed by atoms with Crippen LogP contribution in [0.1, 0.15) is 181 Å². The molecule has 0 aromatic heterocycles. The Bertz CT molecular complexity index is 1200. The number of esters is 2. The summed E-state index contributed by atoms with van der Waals surface area (Å²) >= 11 is 0. The molecular formula is C48H81O8P. The third-order valence-corrected chi connectivity index (χ3v) is 10.1. The van der Waals surface area contributed by atoms with Gasteiger partial charge in [0, 0.05) is 13.5 Å². The highest BCUT2D eigenvalue weighted by atomic mass is 31.2. The molecule has 2 atom stereocenters. The van der Waals surface area contributed by atoms with Gasteiger partial charge in [0.2, 0.25) is 0 Å². The van der Waals surface area contributed by atoms with Crippen molar-refractivity contribution in [1.82, 2.24) is 0 Å². The lowest BCUT2D eigenvalue weighted by Crippen LogP contribution is -2.29. The zero-order valence-corrected chi connectivity index (χ0v) is 37.1. The Morgan fingerprint density at radius 1 is 0.526 bits per heavy atom. The summed E-state index contributed by atoms with van der Waals surface area (Å²) in [4.78, 5) is 34.4. The fourth-order valence-electron chi connectivity index (χ4n) is 5.76. The van der Waals surface area contributed by atoms with Gasteiger partial charge in [0.15, 0.2) is 6.10 Å². The molecule has 0 aliphatic rings. The van der Waals surface area contributed by atoms with Crippen molar-refractivity contribution in [1.29, 1.82) is 0 Å². The Labute approximate surface area is 348 Å². The van der Waals surface area contributed by atoms with Crippen LogP contribution in [-0.2, 0) is 32.7 Å². The van der Waals surface area contributed by atoms with Crippen LogP contribution in [0, 0.1) is 0 Å². The van der Waals surface area contributed by atoms with Crippen molar-refractivity contribution in [3.63, 3.8) is 0 Å². The molecule has 1 N–H and O–H groups in total. The Kier molecular flexibility index (Phi) is 40.7. The first-order valence-corrected chi connectivity index (χ1v) is 23.8. The molecule has 8 nitrogen and oxygen atoms in total. The summed E-state index contributed by atoms with van der Waals surface area (Å²) in [6, 6.07) is 0. The van der Waals surface area contributed by atoms with Crippen LogP contribution in [0.15, 0.2) is 85.1 Å². The third-order valence-electron chi connectivity index (χ3n) is 9.16. The van der Waals surface area contributed by atoms with E-state index in [1.165, 1.54) is 96.3 Å². The zero-order chi connectivity index (χ0) is 41.8. The maximum absolute atomic E-state index is 12.4. The molecule has 0 amide bonds. The SMILES string of the molecule is CC/C=C\C/C=C\C/C=C\C/C=C\C/C=C\CC(=O)OC(COC(=O)CCCCCCCCCCCCC/C=C\C/C=C\CCCCCCC)COP(=O)(O)OC. The molecule has 0 aromatic carbocycles. The zero-order valence-electron chi connectivity index (χ0n) is 36.2. The van der Waals surface area contributed by atoms with E-state index in [1.807, 2.05) is 12.2 Å².